The molecule has 1 aliphatic heterocycles. The molecule has 2 amide bonds. The third kappa shape index (κ3) is 8.19. The molecule has 0 bridgehead atoms. The number of carbonyl (C=O) groups excluding carboxylic acids is 2. The molecule has 0 saturated carbocycles. The van der Waals surface area contributed by atoms with Gasteiger partial charge in [0.1, 0.15) is 18.3 Å². The lowest BCUT2D eigenvalue weighted by atomic mass is 10.0. The first-order chi connectivity index (χ1) is 20.4. The largest absolute Gasteiger partial charge is 0.497 e. The van der Waals surface area contributed by atoms with E-state index in [-0.39, 0.29) is 37.1 Å². The van der Waals surface area contributed by atoms with Crippen molar-refractivity contribution < 1.29 is 32.2 Å². The Morgan fingerprint density at radius 1 is 0.953 bits per heavy atom. The van der Waals surface area contributed by atoms with Crippen LogP contribution in [-0.4, -0.2) is 62.9 Å². The van der Waals surface area contributed by atoms with E-state index in [1.54, 1.807) is 43.5 Å². The zero-order valence-corrected chi connectivity index (χ0v) is 26.0. The molecule has 3 aromatic carbocycles. The average Bonchev–Trinajstić information content (AvgIpc) is 3.45. The molecule has 0 aromatic heterocycles. The second-order valence-corrected chi connectivity index (χ2v) is 13.4. The minimum Gasteiger partial charge on any atom is -0.497 e. The molecular formula is C32H39N3O7S. The summed E-state index contributed by atoms with van der Waals surface area (Å²) in [4.78, 5) is 29.7. The summed E-state index contributed by atoms with van der Waals surface area (Å²) in [6, 6.07) is 20.4. The number of ether oxygens (including phenoxy) is 3. The molecule has 11 heteroatoms. The molecule has 10 nitrogen and oxygen atoms in total. The first-order valence-corrected chi connectivity index (χ1v) is 15.7. The highest BCUT2D eigenvalue weighted by Gasteiger charge is 2.35. The Morgan fingerprint density at radius 2 is 1.65 bits per heavy atom. The van der Waals surface area contributed by atoms with Crippen LogP contribution in [-0.2, 0) is 32.6 Å². The summed E-state index contributed by atoms with van der Waals surface area (Å²) in [5.74, 6) is 0.358. The fourth-order valence-electron chi connectivity index (χ4n) is 4.73. The number of carbonyl (C=O) groups is 2. The van der Waals surface area contributed by atoms with Crippen molar-refractivity contribution in [1.82, 2.24) is 10.2 Å². The van der Waals surface area contributed by atoms with E-state index in [4.69, 9.17) is 14.2 Å². The van der Waals surface area contributed by atoms with Crippen LogP contribution < -0.4 is 23.8 Å². The summed E-state index contributed by atoms with van der Waals surface area (Å²) < 4.78 is 44.0. The molecule has 0 unspecified atom stereocenters. The summed E-state index contributed by atoms with van der Waals surface area (Å²) in [6.45, 7) is 6.68. The summed E-state index contributed by atoms with van der Waals surface area (Å²) >= 11 is 0. The van der Waals surface area contributed by atoms with Gasteiger partial charge in [-0.2, -0.15) is 0 Å². The van der Waals surface area contributed by atoms with Crippen molar-refractivity contribution in [2.75, 3.05) is 30.5 Å². The third-order valence-electron chi connectivity index (χ3n) is 6.88. The zero-order chi connectivity index (χ0) is 31.2. The molecule has 4 rings (SSSR count). The maximum absolute atomic E-state index is 14.3. The lowest BCUT2D eigenvalue weighted by molar-refractivity contribution is -0.140. The summed E-state index contributed by atoms with van der Waals surface area (Å²) in [5.41, 5.74) is 1.27. The molecule has 1 heterocycles. The smallest absolute Gasteiger partial charge is 0.244 e. The van der Waals surface area contributed by atoms with Crippen molar-refractivity contribution >= 4 is 27.5 Å². The van der Waals surface area contributed by atoms with Gasteiger partial charge >= 0.3 is 0 Å². The highest BCUT2D eigenvalue weighted by molar-refractivity contribution is 7.92. The fraction of sp³-hybridized carbons (Fsp3) is 0.375. The highest BCUT2D eigenvalue weighted by atomic mass is 32.2. The third-order valence-corrected chi connectivity index (χ3v) is 8.62. The van der Waals surface area contributed by atoms with Crippen LogP contribution in [0.3, 0.4) is 0 Å². The monoisotopic (exact) mass is 609 g/mol. The predicted octanol–water partition coefficient (Wildman–Crippen LogP) is 4.13. The van der Waals surface area contributed by atoms with Crippen molar-refractivity contribution in [3.63, 3.8) is 0 Å². The fourth-order valence-corrected chi connectivity index (χ4v) is 5.79. The van der Waals surface area contributed by atoms with Crippen molar-refractivity contribution in [3.8, 4) is 17.2 Å². The number of methoxy groups -OCH3 is 1. The number of benzene rings is 3. The standard InChI is InChI=1S/C32H39N3O7S/c1-6-43(38,39)35(25-15-16-28-29(19-25)42-22-41-28)21-30(36)34(20-24-13-10-14-26(17-24)40-5)27(31(37)33-32(2,3)4)18-23-11-8-7-9-12-23/h7-17,19,27H,6,18,20-22H2,1-5H3,(H,33,37)/t27-/m0/s1. The van der Waals surface area contributed by atoms with Gasteiger partial charge in [0.2, 0.25) is 28.6 Å². The number of sulfonamides is 1. The van der Waals surface area contributed by atoms with E-state index < -0.39 is 34.1 Å². The highest BCUT2D eigenvalue weighted by Crippen LogP contribution is 2.36. The van der Waals surface area contributed by atoms with E-state index in [0.29, 0.717) is 17.2 Å². The quantitative estimate of drug-likeness (QED) is 0.328. The Hall–Kier alpha value is -4.25. The average molecular weight is 610 g/mol. The number of hydrogen-bond donors (Lipinski definition) is 1. The number of amides is 2. The minimum atomic E-state index is -3.91. The summed E-state index contributed by atoms with van der Waals surface area (Å²) in [5, 5.41) is 3.02. The Morgan fingerprint density at radius 3 is 2.33 bits per heavy atom. The van der Waals surface area contributed by atoms with Gasteiger partial charge < -0.3 is 24.4 Å². The molecule has 0 saturated heterocycles. The Kier molecular flexibility index (Phi) is 9.85. The van der Waals surface area contributed by atoms with Gasteiger partial charge in [0.05, 0.1) is 18.6 Å². The Labute approximate surface area is 253 Å². The number of anilines is 1. The van der Waals surface area contributed by atoms with Crippen LogP contribution in [0.15, 0.2) is 72.8 Å². The predicted molar refractivity (Wildman–Crippen MR) is 165 cm³/mol. The molecule has 0 radical (unpaired) electrons. The first kappa shape index (κ1) is 31.7. The van der Waals surface area contributed by atoms with Gasteiger partial charge in [0.15, 0.2) is 11.5 Å². The van der Waals surface area contributed by atoms with Gasteiger partial charge in [-0.05, 0) is 63.1 Å². The molecular weight excluding hydrogens is 570 g/mol. The van der Waals surface area contributed by atoms with Gasteiger partial charge in [-0.25, -0.2) is 8.42 Å². The van der Waals surface area contributed by atoms with Crippen LogP contribution in [0.25, 0.3) is 0 Å². The van der Waals surface area contributed by atoms with Crippen LogP contribution in [0.5, 0.6) is 17.2 Å². The van der Waals surface area contributed by atoms with E-state index in [1.165, 1.54) is 11.8 Å². The van der Waals surface area contributed by atoms with Crippen LogP contribution in [0, 0.1) is 0 Å². The van der Waals surface area contributed by atoms with E-state index in [1.807, 2.05) is 57.2 Å². The van der Waals surface area contributed by atoms with Gasteiger partial charge in [-0.3, -0.25) is 13.9 Å². The molecule has 1 N–H and O–H groups in total. The Balaban J connectivity index is 1.77. The van der Waals surface area contributed by atoms with E-state index in [9.17, 15) is 18.0 Å². The number of fused-ring (bicyclic) bond motifs is 1. The Bertz CT molecular complexity index is 1540. The summed E-state index contributed by atoms with van der Waals surface area (Å²) in [6.07, 6.45) is 0.225. The van der Waals surface area contributed by atoms with Crippen LogP contribution in [0.1, 0.15) is 38.8 Å². The van der Waals surface area contributed by atoms with Crippen molar-refractivity contribution in [1.29, 1.82) is 0 Å². The number of hydrogen-bond acceptors (Lipinski definition) is 7. The number of nitrogens with zero attached hydrogens (tertiary/aromatic N) is 2. The maximum Gasteiger partial charge on any atom is 0.244 e. The molecule has 3 aromatic rings. The van der Waals surface area contributed by atoms with E-state index >= 15 is 0 Å². The van der Waals surface area contributed by atoms with Crippen molar-refractivity contribution in [2.45, 2.75) is 52.2 Å². The second-order valence-electron chi connectivity index (χ2n) is 11.3. The van der Waals surface area contributed by atoms with Gasteiger partial charge in [-0.15, -0.1) is 0 Å². The number of rotatable bonds is 12. The lowest BCUT2D eigenvalue weighted by Gasteiger charge is -2.35. The molecule has 43 heavy (non-hydrogen) atoms. The molecule has 1 atom stereocenters. The van der Waals surface area contributed by atoms with Crippen LogP contribution in [0.4, 0.5) is 5.69 Å². The first-order valence-electron chi connectivity index (χ1n) is 14.1. The minimum absolute atomic E-state index is 0.0244. The van der Waals surface area contributed by atoms with Gasteiger partial charge in [0.25, 0.3) is 0 Å². The lowest BCUT2D eigenvalue weighted by Crippen LogP contribution is -2.56. The maximum atomic E-state index is 14.3. The summed E-state index contributed by atoms with van der Waals surface area (Å²) in [7, 11) is -2.36. The van der Waals surface area contributed by atoms with Gasteiger partial charge in [-0.1, -0.05) is 42.5 Å². The number of nitrogens with one attached hydrogen (secondary N) is 1. The van der Waals surface area contributed by atoms with Gasteiger partial charge in [0, 0.05) is 24.6 Å². The topological polar surface area (TPSA) is 114 Å². The second kappa shape index (κ2) is 13.4. The van der Waals surface area contributed by atoms with Crippen molar-refractivity contribution in [2.24, 2.45) is 0 Å². The molecule has 1 aliphatic rings. The molecule has 0 aliphatic carbocycles. The normalized spacial score (nSPS) is 13.2. The van der Waals surface area contributed by atoms with E-state index in [0.717, 1.165) is 15.4 Å². The van der Waals surface area contributed by atoms with Crippen LogP contribution in [0.2, 0.25) is 0 Å². The van der Waals surface area contributed by atoms with Crippen molar-refractivity contribution in [3.05, 3.63) is 83.9 Å². The molecule has 0 spiro atoms. The molecule has 230 valence electrons. The van der Waals surface area contributed by atoms with E-state index in [2.05, 4.69) is 5.32 Å². The van der Waals surface area contributed by atoms with Crippen LogP contribution >= 0.6 is 0 Å². The SMILES string of the molecule is CCS(=O)(=O)N(CC(=O)N(Cc1cccc(OC)c1)[C@@H](Cc1ccccc1)C(=O)NC(C)(C)C)c1ccc2c(c1)OCO2. The zero-order valence-electron chi connectivity index (χ0n) is 25.2. The molecule has 0 fully saturated rings.